The van der Waals surface area contributed by atoms with Gasteiger partial charge in [0.1, 0.15) is 5.41 Å². The van der Waals surface area contributed by atoms with Crippen LogP contribution in [0.2, 0.25) is 0 Å². The predicted molar refractivity (Wildman–Crippen MR) is 50.4 cm³/mol. The number of carbonyl (C=O) groups is 1. The lowest BCUT2D eigenvalue weighted by Gasteiger charge is -2.29. The third-order valence-electron chi connectivity index (χ3n) is 2.97. The highest BCUT2D eigenvalue weighted by Crippen LogP contribution is 2.45. The zero-order valence-corrected chi connectivity index (χ0v) is 8.76. The van der Waals surface area contributed by atoms with E-state index in [-0.39, 0.29) is 31.8 Å². The minimum absolute atomic E-state index is 0.0267. The van der Waals surface area contributed by atoms with Crippen molar-refractivity contribution in [1.29, 1.82) is 0 Å². The van der Waals surface area contributed by atoms with Gasteiger partial charge in [0.05, 0.1) is 6.61 Å². The molecule has 3 N–H and O–H groups in total. The summed E-state index contributed by atoms with van der Waals surface area (Å²) in [5.41, 5.74) is 3.01. The molecule has 0 aromatic heterocycles. The lowest BCUT2D eigenvalue weighted by molar-refractivity contribution is -0.230. The maximum Gasteiger partial charge on any atom is 0.398 e. The molecular formula is C9H15F3N2O2. The Hall–Kier alpha value is -0.820. The fourth-order valence-corrected chi connectivity index (χ4v) is 1.82. The van der Waals surface area contributed by atoms with E-state index >= 15 is 0 Å². The fourth-order valence-electron chi connectivity index (χ4n) is 1.82. The van der Waals surface area contributed by atoms with Gasteiger partial charge in [0.25, 0.3) is 0 Å². The first kappa shape index (κ1) is 13.2. The molecule has 1 fully saturated rings. The zero-order chi connectivity index (χ0) is 12.4. The van der Waals surface area contributed by atoms with Gasteiger partial charge in [-0.05, 0) is 6.42 Å². The van der Waals surface area contributed by atoms with Crippen molar-refractivity contribution in [3.8, 4) is 0 Å². The van der Waals surface area contributed by atoms with E-state index in [1.165, 1.54) is 0 Å². The number of hydrogen-bond acceptors (Lipinski definition) is 3. The van der Waals surface area contributed by atoms with Crippen molar-refractivity contribution in [2.75, 3.05) is 26.2 Å². The fraction of sp³-hybridized carbons (Fsp3) is 0.889. The normalized spacial score (nSPS) is 26.2. The molecule has 4 nitrogen and oxygen atoms in total. The number of nitrogens with two attached hydrogens (primary N) is 1. The SMILES string of the molecule is NCCC(=O)N1CC[C@](CO)(C(F)(F)F)C1. The Bertz CT molecular complexity index is 270. The van der Waals surface area contributed by atoms with E-state index in [0.717, 1.165) is 4.90 Å². The van der Waals surface area contributed by atoms with Gasteiger partial charge in [-0.2, -0.15) is 13.2 Å². The number of carbonyl (C=O) groups excluding carboxylic acids is 1. The van der Waals surface area contributed by atoms with Crippen molar-refractivity contribution in [2.24, 2.45) is 11.1 Å². The molecule has 0 saturated carbocycles. The van der Waals surface area contributed by atoms with E-state index in [1.807, 2.05) is 0 Å². The van der Waals surface area contributed by atoms with Gasteiger partial charge in [-0.3, -0.25) is 4.79 Å². The van der Waals surface area contributed by atoms with Crippen LogP contribution in [0.4, 0.5) is 13.2 Å². The molecule has 0 aromatic rings. The Labute approximate surface area is 91.2 Å². The smallest absolute Gasteiger partial charge is 0.395 e. The Morgan fingerprint density at radius 3 is 2.50 bits per heavy atom. The summed E-state index contributed by atoms with van der Waals surface area (Å²) in [6, 6.07) is 0. The lowest BCUT2D eigenvalue weighted by Crippen LogP contribution is -2.44. The van der Waals surface area contributed by atoms with Gasteiger partial charge in [0.2, 0.25) is 5.91 Å². The number of hydrogen-bond donors (Lipinski definition) is 2. The second-order valence-electron chi connectivity index (χ2n) is 4.04. The highest BCUT2D eigenvalue weighted by Gasteiger charge is 2.58. The summed E-state index contributed by atoms with van der Waals surface area (Å²) < 4.78 is 38.1. The third-order valence-corrected chi connectivity index (χ3v) is 2.97. The van der Waals surface area contributed by atoms with Gasteiger partial charge >= 0.3 is 6.18 Å². The summed E-state index contributed by atoms with van der Waals surface area (Å²) in [6.45, 7) is -1.30. The Kier molecular flexibility index (Phi) is 3.80. The van der Waals surface area contributed by atoms with Crippen molar-refractivity contribution in [2.45, 2.75) is 19.0 Å². The van der Waals surface area contributed by atoms with Crippen LogP contribution in [0.25, 0.3) is 0 Å². The van der Waals surface area contributed by atoms with Crippen molar-refractivity contribution in [3.63, 3.8) is 0 Å². The molecule has 0 spiro atoms. The second kappa shape index (κ2) is 4.58. The van der Waals surface area contributed by atoms with E-state index in [4.69, 9.17) is 10.8 Å². The standard InChI is InChI=1S/C9H15F3N2O2/c10-9(11,12)8(6-15)2-4-14(5-8)7(16)1-3-13/h15H,1-6,13H2/t8-/m0/s1. The number of aliphatic hydroxyl groups excluding tert-OH is 1. The number of likely N-dealkylation sites (tertiary alicyclic amines) is 1. The first-order chi connectivity index (χ1) is 7.36. The number of halogens is 3. The van der Waals surface area contributed by atoms with Crippen LogP contribution in [0.15, 0.2) is 0 Å². The summed E-state index contributed by atoms with van der Waals surface area (Å²) in [7, 11) is 0. The van der Waals surface area contributed by atoms with E-state index in [2.05, 4.69) is 0 Å². The highest BCUT2D eigenvalue weighted by atomic mass is 19.4. The molecule has 16 heavy (non-hydrogen) atoms. The summed E-state index contributed by atoms with van der Waals surface area (Å²) in [5.74, 6) is -0.387. The van der Waals surface area contributed by atoms with Gasteiger partial charge < -0.3 is 15.7 Å². The average molecular weight is 240 g/mol. The van der Waals surface area contributed by atoms with Crippen LogP contribution in [0.1, 0.15) is 12.8 Å². The molecule has 7 heteroatoms. The summed E-state index contributed by atoms with van der Waals surface area (Å²) in [6.07, 6.45) is -4.69. The van der Waals surface area contributed by atoms with Crippen LogP contribution in [0, 0.1) is 5.41 Å². The van der Waals surface area contributed by atoms with Crippen LogP contribution < -0.4 is 5.73 Å². The molecule has 1 aliphatic rings. The maximum absolute atomic E-state index is 12.7. The van der Waals surface area contributed by atoms with Gasteiger partial charge in [-0.15, -0.1) is 0 Å². The predicted octanol–water partition coefficient (Wildman–Crippen LogP) is 0.108. The molecule has 0 bridgehead atoms. The Morgan fingerprint density at radius 2 is 2.12 bits per heavy atom. The van der Waals surface area contributed by atoms with Crippen molar-refractivity contribution in [3.05, 3.63) is 0 Å². The highest BCUT2D eigenvalue weighted by molar-refractivity contribution is 5.76. The number of amides is 1. The summed E-state index contributed by atoms with van der Waals surface area (Å²) >= 11 is 0. The topological polar surface area (TPSA) is 66.6 Å². The minimum Gasteiger partial charge on any atom is -0.395 e. The van der Waals surface area contributed by atoms with E-state index < -0.39 is 24.7 Å². The Morgan fingerprint density at radius 1 is 1.50 bits per heavy atom. The van der Waals surface area contributed by atoms with Gasteiger partial charge in [-0.1, -0.05) is 0 Å². The molecule has 1 atom stereocenters. The first-order valence-electron chi connectivity index (χ1n) is 5.02. The second-order valence-corrected chi connectivity index (χ2v) is 4.04. The van der Waals surface area contributed by atoms with E-state index in [1.54, 1.807) is 0 Å². The molecule has 1 aliphatic heterocycles. The molecule has 0 unspecified atom stereocenters. The van der Waals surface area contributed by atoms with E-state index in [9.17, 15) is 18.0 Å². The summed E-state index contributed by atoms with van der Waals surface area (Å²) in [5, 5.41) is 8.90. The molecule has 1 amide bonds. The molecule has 1 heterocycles. The molecular weight excluding hydrogens is 225 g/mol. The van der Waals surface area contributed by atoms with Crippen LogP contribution in [0.5, 0.6) is 0 Å². The molecule has 1 saturated heterocycles. The van der Waals surface area contributed by atoms with Crippen LogP contribution in [-0.2, 0) is 4.79 Å². The number of rotatable bonds is 3. The largest absolute Gasteiger partial charge is 0.398 e. The van der Waals surface area contributed by atoms with Gasteiger partial charge in [0.15, 0.2) is 0 Å². The quantitative estimate of drug-likeness (QED) is 0.735. The van der Waals surface area contributed by atoms with Crippen LogP contribution >= 0.6 is 0 Å². The minimum atomic E-state index is -4.49. The van der Waals surface area contributed by atoms with Gasteiger partial charge in [0, 0.05) is 26.1 Å². The molecule has 1 rings (SSSR count). The molecule has 0 radical (unpaired) electrons. The van der Waals surface area contributed by atoms with Crippen LogP contribution in [0.3, 0.4) is 0 Å². The molecule has 0 aromatic carbocycles. The van der Waals surface area contributed by atoms with Crippen molar-refractivity contribution >= 4 is 5.91 Å². The lowest BCUT2D eigenvalue weighted by atomic mass is 9.87. The maximum atomic E-state index is 12.7. The van der Waals surface area contributed by atoms with Crippen LogP contribution in [-0.4, -0.2) is 48.3 Å². The number of nitrogens with zero attached hydrogens (tertiary/aromatic N) is 1. The molecule has 0 aliphatic carbocycles. The number of aliphatic hydroxyl groups is 1. The van der Waals surface area contributed by atoms with E-state index in [0.29, 0.717) is 0 Å². The number of alkyl halides is 3. The zero-order valence-electron chi connectivity index (χ0n) is 8.76. The van der Waals surface area contributed by atoms with Gasteiger partial charge in [-0.25, -0.2) is 0 Å². The average Bonchev–Trinajstić information content (AvgIpc) is 2.62. The molecule has 94 valence electrons. The van der Waals surface area contributed by atoms with Crippen molar-refractivity contribution in [1.82, 2.24) is 4.90 Å². The Balaban J connectivity index is 2.72. The van der Waals surface area contributed by atoms with Crippen molar-refractivity contribution < 1.29 is 23.1 Å². The third kappa shape index (κ3) is 2.30. The summed E-state index contributed by atoms with van der Waals surface area (Å²) in [4.78, 5) is 12.5. The monoisotopic (exact) mass is 240 g/mol. The first-order valence-corrected chi connectivity index (χ1v) is 5.02.